The molecule has 3 rings (SSSR count). The summed E-state index contributed by atoms with van der Waals surface area (Å²) >= 11 is 4.31. The van der Waals surface area contributed by atoms with Gasteiger partial charge in [0.05, 0.1) is 11.4 Å². The van der Waals surface area contributed by atoms with Crippen molar-refractivity contribution in [2.45, 2.75) is 4.21 Å². The maximum atomic E-state index is 12.3. The van der Waals surface area contributed by atoms with Crippen LogP contribution in [0.15, 0.2) is 38.3 Å². The number of carbonyl (C=O) groups excluding carboxylic acids is 1. The van der Waals surface area contributed by atoms with E-state index in [1.165, 1.54) is 6.07 Å². The molecule has 0 aliphatic carbocycles. The van der Waals surface area contributed by atoms with E-state index in [0.29, 0.717) is 21.6 Å². The largest absolute Gasteiger partial charge is 0.482 e. The Morgan fingerprint density at radius 3 is 2.86 bits per heavy atom. The molecular formula is C12H9BrN2O4S2. The van der Waals surface area contributed by atoms with Crippen LogP contribution in [0.3, 0.4) is 0 Å². The number of hydrogen-bond acceptors (Lipinski definition) is 5. The lowest BCUT2D eigenvalue weighted by atomic mass is 10.2. The Bertz CT molecular complexity index is 816. The number of ether oxygens (including phenoxy) is 1. The fourth-order valence-corrected chi connectivity index (χ4v) is 5.21. The van der Waals surface area contributed by atoms with Gasteiger partial charge in [0.25, 0.3) is 15.9 Å². The molecule has 6 nitrogen and oxygen atoms in total. The van der Waals surface area contributed by atoms with Gasteiger partial charge in [-0.25, -0.2) is 8.42 Å². The molecule has 2 heterocycles. The quantitative estimate of drug-likeness (QED) is 0.846. The third-order valence-electron chi connectivity index (χ3n) is 2.69. The van der Waals surface area contributed by atoms with E-state index in [0.717, 1.165) is 11.3 Å². The Labute approximate surface area is 133 Å². The molecule has 0 unspecified atom stereocenters. The molecule has 110 valence electrons. The van der Waals surface area contributed by atoms with Gasteiger partial charge in [-0.1, -0.05) is 0 Å². The number of rotatable bonds is 3. The topological polar surface area (TPSA) is 84.5 Å². The van der Waals surface area contributed by atoms with Crippen LogP contribution in [-0.2, 0) is 14.8 Å². The first-order chi connectivity index (χ1) is 9.95. The van der Waals surface area contributed by atoms with Crippen LogP contribution in [0.1, 0.15) is 0 Å². The van der Waals surface area contributed by atoms with Gasteiger partial charge in [0.2, 0.25) is 0 Å². The number of halogens is 1. The Balaban J connectivity index is 1.91. The first-order valence-electron chi connectivity index (χ1n) is 5.78. The number of benzene rings is 1. The predicted molar refractivity (Wildman–Crippen MR) is 83.4 cm³/mol. The van der Waals surface area contributed by atoms with E-state index in [9.17, 15) is 13.2 Å². The molecule has 2 aromatic rings. The molecule has 9 heteroatoms. The smallest absolute Gasteiger partial charge is 0.272 e. The maximum Gasteiger partial charge on any atom is 0.272 e. The van der Waals surface area contributed by atoms with Crippen molar-refractivity contribution in [1.82, 2.24) is 0 Å². The summed E-state index contributed by atoms with van der Waals surface area (Å²) in [7, 11) is -3.67. The zero-order valence-electron chi connectivity index (χ0n) is 10.4. The van der Waals surface area contributed by atoms with Gasteiger partial charge in [0, 0.05) is 4.47 Å². The monoisotopic (exact) mass is 388 g/mol. The predicted octanol–water partition coefficient (Wildman–Crippen LogP) is 2.64. The number of fused-ring (bicyclic) bond motifs is 1. The minimum absolute atomic E-state index is 0.0415. The number of anilines is 2. The van der Waals surface area contributed by atoms with Gasteiger partial charge in [-0.05, 0) is 45.6 Å². The molecule has 1 aliphatic heterocycles. The number of carbonyl (C=O) groups is 1. The molecule has 0 saturated heterocycles. The maximum absolute atomic E-state index is 12.3. The minimum Gasteiger partial charge on any atom is -0.482 e. The lowest BCUT2D eigenvalue weighted by molar-refractivity contribution is -0.118. The van der Waals surface area contributed by atoms with E-state index in [2.05, 4.69) is 26.0 Å². The minimum atomic E-state index is -3.67. The molecule has 0 saturated carbocycles. The van der Waals surface area contributed by atoms with E-state index in [1.807, 2.05) is 0 Å². The van der Waals surface area contributed by atoms with Crippen molar-refractivity contribution in [2.75, 3.05) is 16.6 Å². The molecule has 1 aromatic heterocycles. The SMILES string of the molecule is O=C1COc2ccc(NS(=O)(=O)c3sccc3Br)cc2N1. The van der Waals surface area contributed by atoms with Gasteiger partial charge >= 0.3 is 0 Å². The van der Waals surface area contributed by atoms with Crippen molar-refractivity contribution < 1.29 is 17.9 Å². The van der Waals surface area contributed by atoms with Crippen LogP contribution < -0.4 is 14.8 Å². The fraction of sp³-hybridized carbons (Fsp3) is 0.0833. The van der Waals surface area contributed by atoms with Crippen LogP contribution in [0.25, 0.3) is 0 Å². The van der Waals surface area contributed by atoms with Gasteiger partial charge in [-0.15, -0.1) is 11.3 Å². The average molecular weight is 389 g/mol. The average Bonchev–Trinajstić information content (AvgIpc) is 2.85. The van der Waals surface area contributed by atoms with Crippen molar-refractivity contribution >= 4 is 54.6 Å². The molecule has 0 spiro atoms. The highest BCUT2D eigenvalue weighted by atomic mass is 79.9. The fourth-order valence-electron chi connectivity index (χ4n) is 1.82. The Morgan fingerprint density at radius 2 is 2.14 bits per heavy atom. The van der Waals surface area contributed by atoms with Crippen LogP contribution in [0.2, 0.25) is 0 Å². The summed E-state index contributed by atoms with van der Waals surface area (Å²) in [6.07, 6.45) is 0. The summed E-state index contributed by atoms with van der Waals surface area (Å²) in [5.41, 5.74) is 0.788. The standard InChI is InChI=1S/C12H9BrN2O4S2/c13-8-3-4-20-12(8)21(17,18)15-7-1-2-10-9(5-7)14-11(16)6-19-10/h1-5,15H,6H2,(H,14,16). The zero-order chi connectivity index (χ0) is 15.0. The summed E-state index contributed by atoms with van der Waals surface area (Å²) in [5.74, 6) is 0.235. The Morgan fingerprint density at radius 1 is 1.33 bits per heavy atom. The Hall–Kier alpha value is -1.58. The van der Waals surface area contributed by atoms with E-state index >= 15 is 0 Å². The van der Waals surface area contributed by atoms with Crippen LogP contribution in [0.5, 0.6) is 5.75 Å². The molecule has 0 fully saturated rings. The van der Waals surface area contributed by atoms with Crippen molar-refractivity contribution in [3.05, 3.63) is 34.1 Å². The molecular weight excluding hydrogens is 380 g/mol. The van der Waals surface area contributed by atoms with Crippen LogP contribution in [0.4, 0.5) is 11.4 Å². The first kappa shape index (κ1) is 14.4. The molecule has 0 radical (unpaired) electrons. The molecule has 0 bridgehead atoms. The lowest BCUT2D eigenvalue weighted by Gasteiger charge is -2.18. The molecule has 1 aliphatic rings. The van der Waals surface area contributed by atoms with E-state index in [-0.39, 0.29) is 16.7 Å². The molecule has 1 aromatic carbocycles. The van der Waals surface area contributed by atoms with Crippen LogP contribution in [0, 0.1) is 0 Å². The molecule has 0 atom stereocenters. The number of sulfonamides is 1. The van der Waals surface area contributed by atoms with E-state index in [4.69, 9.17) is 4.74 Å². The number of amides is 1. The highest BCUT2D eigenvalue weighted by Crippen LogP contribution is 2.33. The van der Waals surface area contributed by atoms with Gasteiger partial charge in [0.15, 0.2) is 10.8 Å². The highest BCUT2D eigenvalue weighted by molar-refractivity contribution is 9.10. The molecule has 21 heavy (non-hydrogen) atoms. The third kappa shape index (κ3) is 2.89. The number of nitrogens with one attached hydrogen (secondary N) is 2. The van der Waals surface area contributed by atoms with Gasteiger partial charge < -0.3 is 10.1 Å². The zero-order valence-corrected chi connectivity index (χ0v) is 13.6. The normalized spacial score (nSPS) is 14.0. The van der Waals surface area contributed by atoms with E-state index in [1.54, 1.807) is 23.6 Å². The molecule has 1 amide bonds. The first-order valence-corrected chi connectivity index (χ1v) is 8.94. The Kier molecular flexibility index (Phi) is 3.64. The summed E-state index contributed by atoms with van der Waals surface area (Å²) < 4.78 is 32.9. The van der Waals surface area contributed by atoms with Crippen molar-refractivity contribution in [3.63, 3.8) is 0 Å². The van der Waals surface area contributed by atoms with Crippen LogP contribution in [-0.4, -0.2) is 20.9 Å². The van der Waals surface area contributed by atoms with E-state index < -0.39 is 10.0 Å². The van der Waals surface area contributed by atoms with Gasteiger partial charge in [-0.3, -0.25) is 9.52 Å². The second-order valence-corrected chi connectivity index (χ2v) is 7.86. The summed E-state index contributed by atoms with van der Waals surface area (Å²) in [6.45, 7) is -0.0415. The summed E-state index contributed by atoms with van der Waals surface area (Å²) in [5, 5.41) is 4.31. The van der Waals surface area contributed by atoms with Crippen molar-refractivity contribution in [1.29, 1.82) is 0 Å². The highest BCUT2D eigenvalue weighted by Gasteiger charge is 2.21. The number of thiophene rings is 1. The second kappa shape index (κ2) is 5.32. The molecule has 2 N–H and O–H groups in total. The summed E-state index contributed by atoms with van der Waals surface area (Å²) in [4.78, 5) is 11.3. The third-order valence-corrected chi connectivity index (χ3v) is 6.74. The van der Waals surface area contributed by atoms with Crippen LogP contribution >= 0.6 is 27.3 Å². The van der Waals surface area contributed by atoms with Crippen molar-refractivity contribution in [2.24, 2.45) is 0 Å². The summed E-state index contributed by atoms with van der Waals surface area (Å²) in [6, 6.07) is 6.37. The van der Waals surface area contributed by atoms with Gasteiger partial charge in [-0.2, -0.15) is 0 Å². The number of hydrogen-bond donors (Lipinski definition) is 2. The van der Waals surface area contributed by atoms with Gasteiger partial charge in [0.1, 0.15) is 5.75 Å². The second-order valence-electron chi connectivity index (χ2n) is 4.21. The lowest BCUT2D eigenvalue weighted by Crippen LogP contribution is -2.25. The van der Waals surface area contributed by atoms with Crippen molar-refractivity contribution in [3.8, 4) is 5.75 Å².